The molecule has 0 amide bonds. The SMILES string of the molecule is CCN(CC)CCC1CO1. The van der Waals surface area contributed by atoms with Crippen LogP contribution in [-0.4, -0.2) is 37.2 Å². The van der Waals surface area contributed by atoms with E-state index in [0.717, 1.165) is 6.61 Å². The van der Waals surface area contributed by atoms with Crippen molar-refractivity contribution in [2.75, 3.05) is 26.2 Å². The first-order chi connectivity index (χ1) is 4.86. The molecule has 1 heterocycles. The van der Waals surface area contributed by atoms with Gasteiger partial charge < -0.3 is 9.64 Å². The Morgan fingerprint density at radius 1 is 1.40 bits per heavy atom. The van der Waals surface area contributed by atoms with Crippen LogP contribution in [0.3, 0.4) is 0 Å². The van der Waals surface area contributed by atoms with Gasteiger partial charge in [-0.2, -0.15) is 0 Å². The molecule has 2 heteroatoms. The second-order valence-corrected chi connectivity index (χ2v) is 2.77. The largest absolute Gasteiger partial charge is 0.373 e. The monoisotopic (exact) mass is 143 g/mol. The molecule has 0 spiro atoms. The highest BCUT2D eigenvalue weighted by Gasteiger charge is 2.22. The number of epoxide rings is 1. The summed E-state index contributed by atoms with van der Waals surface area (Å²) in [4.78, 5) is 2.43. The lowest BCUT2D eigenvalue weighted by atomic mass is 10.3. The molecule has 0 bridgehead atoms. The van der Waals surface area contributed by atoms with Gasteiger partial charge in [0, 0.05) is 6.54 Å². The molecule has 1 unspecified atom stereocenters. The first-order valence-electron chi connectivity index (χ1n) is 4.20. The Morgan fingerprint density at radius 2 is 2.00 bits per heavy atom. The van der Waals surface area contributed by atoms with Crippen LogP contribution in [0.5, 0.6) is 0 Å². The van der Waals surface area contributed by atoms with Gasteiger partial charge in [0.1, 0.15) is 0 Å². The van der Waals surface area contributed by atoms with E-state index in [0.29, 0.717) is 6.10 Å². The number of rotatable bonds is 5. The van der Waals surface area contributed by atoms with E-state index in [9.17, 15) is 0 Å². The molecule has 0 aromatic rings. The number of hydrogen-bond donors (Lipinski definition) is 0. The summed E-state index contributed by atoms with van der Waals surface area (Å²) in [5, 5.41) is 0. The van der Waals surface area contributed by atoms with E-state index >= 15 is 0 Å². The maximum absolute atomic E-state index is 5.12. The van der Waals surface area contributed by atoms with Crippen molar-refractivity contribution in [1.29, 1.82) is 0 Å². The fourth-order valence-corrected chi connectivity index (χ4v) is 1.10. The van der Waals surface area contributed by atoms with Crippen molar-refractivity contribution in [3.63, 3.8) is 0 Å². The van der Waals surface area contributed by atoms with Crippen LogP contribution in [0.2, 0.25) is 0 Å². The van der Waals surface area contributed by atoms with Gasteiger partial charge in [0.25, 0.3) is 0 Å². The predicted octanol–water partition coefficient (Wildman–Crippen LogP) is 1.12. The summed E-state index contributed by atoms with van der Waals surface area (Å²) in [7, 11) is 0. The first kappa shape index (κ1) is 8.02. The van der Waals surface area contributed by atoms with Crippen molar-refractivity contribution in [2.24, 2.45) is 0 Å². The molecular weight excluding hydrogens is 126 g/mol. The second-order valence-electron chi connectivity index (χ2n) is 2.77. The fraction of sp³-hybridized carbons (Fsp3) is 1.00. The Kier molecular flexibility index (Phi) is 3.16. The van der Waals surface area contributed by atoms with E-state index in [4.69, 9.17) is 4.74 Å². The van der Waals surface area contributed by atoms with Gasteiger partial charge in [-0.3, -0.25) is 0 Å². The van der Waals surface area contributed by atoms with Crippen LogP contribution in [0.15, 0.2) is 0 Å². The highest BCUT2D eigenvalue weighted by molar-refractivity contribution is 4.70. The Labute approximate surface area is 63.2 Å². The van der Waals surface area contributed by atoms with Crippen LogP contribution in [0.1, 0.15) is 20.3 Å². The molecule has 0 radical (unpaired) electrons. The van der Waals surface area contributed by atoms with Crippen molar-refractivity contribution >= 4 is 0 Å². The van der Waals surface area contributed by atoms with Crippen LogP contribution in [0, 0.1) is 0 Å². The summed E-state index contributed by atoms with van der Waals surface area (Å²) in [6.45, 7) is 8.96. The molecule has 60 valence electrons. The lowest BCUT2D eigenvalue weighted by molar-refractivity contribution is 0.279. The Morgan fingerprint density at radius 3 is 2.40 bits per heavy atom. The molecule has 0 aromatic heterocycles. The molecule has 2 nitrogen and oxygen atoms in total. The molecule has 1 saturated heterocycles. The van der Waals surface area contributed by atoms with E-state index in [2.05, 4.69) is 18.7 Å². The quantitative estimate of drug-likeness (QED) is 0.536. The van der Waals surface area contributed by atoms with Crippen molar-refractivity contribution in [1.82, 2.24) is 4.90 Å². The average Bonchev–Trinajstić information content (AvgIpc) is 2.74. The van der Waals surface area contributed by atoms with E-state index in [1.165, 1.54) is 26.1 Å². The van der Waals surface area contributed by atoms with E-state index in [1.54, 1.807) is 0 Å². The Bertz CT molecular complexity index is 87.3. The molecule has 1 aliphatic heterocycles. The third-order valence-electron chi connectivity index (χ3n) is 2.06. The predicted molar refractivity (Wildman–Crippen MR) is 42.1 cm³/mol. The lowest BCUT2D eigenvalue weighted by Gasteiger charge is -2.16. The normalized spacial score (nSPS) is 23.7. The molecule has 0 aromatic carbocycles. The van der Waals surface area contributed by atoms with Gasteiger partial charge in [-0.05, 0) is 19.5 Å². The second kappa shape index (κ2) is 3.94. The zero-order valence-corrected chi connectivity index (χ0v) is 6.97. The summed E-state index contributed by atoms with van der Waals surface area (Å²) in [6, 6.07) is 0. The van der Waals surface area contributed by atoms with E-state index in [1.807, 2.05) is 0 Å². The first-order valence-corrected chi connectivity index (χ1v) is 4.20. The fourth-order valence-electron chi connectivity index (χ4n) is 1.10. The topological polar surface area (TPSA) is 15.8 Å². The van der Waals surface area contributed by atoms with Gasteiger partial charge in [-0.15, -0.1) is 0 Å². The van der Waals surface area contributed by atoms with Gasteiger partial charge in [-0.1, -0.05) is 13.8 Å². The van der Waals surface area contributed by atoms with Gasteiger partial charge in [0.05, 0.1) is 12.7 Å². The summed E-state index contributed by atoms with van der Waals surface area (Å²) in [6.07, 6.45) is 1.82. The van der Waals surface area contributed by atoms with Crippen molar-refractivity contribution < 1.29 is 4.74 Å². The number of ether oxygens (including phenoxy) is 1. The summed E-state index contributed by atoms with van der Waals surface area (Å²) in [5.41, 5.74) is 0. The molecule has 0 aliphatic carbocycles. The van der Waals surface area contributed by atoms with Crippen LogP contribution >= 0.6 is 0 Å². The van der Waals surface area contributed by atoms with Crippen LogP contribution in [0.4, 0.5) is 0 Å². The maximum atomic E-state index is 5.12. The minimum atomic E-state index is 0.598. The molecule has 1 aliphatic rings. The van der Waals surface area contributed by atoms with E-state index < -0.39 is 0 Å². The minimum Gasteiger partial charge on any atom is -0.373 e. The molecule has 1 atom stereocenters. The maximum Gasteiger partial charge on any atom is 0.0822 e. The van der Waals surface area contributed by atoms with Gasteiger partial charge in [0.2, 0.25) is 0 Å². The van der Waals surface area contributed by atoms with Crippen molar-refractivity contribution in [3.8, 4) is 0 Å². The minimum absolute atomic E-state index is 0.598. The molecule has 1 fully saturated rings. The summed E-state index contributed by atoms with van der Waals surface area (Å²) >= 11 is 0. The van der Waals surface area contributed by atoms with Crippen LogP contribution in [-0.2, 0) is 4.74 Å². The number of hydrogen-bond acceptors (Lipinski definition) is 2. The zero-order chi connectivity index (χ0) is 7.40. The molecule has 0 saturated carbocycles. The summed E-state index contributed by atoms with van der Waals surface area (Å²) in [5.74, 6) is 0. The standard InChI is InChI=1S/C8H17NO/c1-3-9(4-2)6-5-8-7-10-8/h8H,3-7H2,1-2H3. The Balaban J connectivity index is 1.97. The average molecular weight is 143 g/mol. The summed E-state index contributed by atoms with van der Waals surface area (Å²) < 4.78 is 5.12. The Hall–Kier alpha value is -0.0800. The molecular formula is C8H17NO. The third-order valence-corrected chi connectivity index (χ3v) is 2.06. The number of nitrogens with zero attached hydrogens (tertiary/aromatic N) is 1. The van der Waals surface area contributed by atoms with Crippen LogP contribution < -0.4 is 0 Å². The van der Waals surface area contributed by atoms with E-state index in [-0.39, 0.29) is 0 Å². The third kappa shape index (κ3) is 2.67. The van der Waals surface area contributed by atoms with Crippen LogP contribution in [0.25, 0.3) is 0 Å². The highest BCUT2D eigenvalue weighted by atomic mass is 16.6. The lowest BCUT2D eigenvalue weighted by Crippen LogP contribution is -2.24. The molecule has 1 rings (SSSR count). The van der Waals surface area contributed by atoms with Gasteiger partial charge in [0.15, 0.2) is 0 Å². The van der Waals surface area contributed by atoms with Crippen molar-refractivity contribution in [2.45, 2.75) is 26.4 Å². The van der Waals surface area contributed by atoms with Gasteiger partial charge >= 0.3 is 0 Å². The van der Waals surface area contributed by atoms with Crippen molar-refractivity contribution in [3.05, 3.63) is 0 Å². The molecule has 10 heavy (non-hydrogen) atoms. The zero-order valence-electron chi connectivity index (χ0n) is 6.97. The molecule has 0 N–H and O–H groups in total. The highest BCUT2D eigenvalue weighted by Crippen LogP contribution is 2.13. The smallest absolute Gasteiger partial charge is 0.0822 e. The van der Waals surface area contributed by atoms with Gasteiger partial charge in [-0.25, -0.2) is 0 Å².